The third-order valence-electron chi connectivity index (χ3n) is 3.08. The lowest BCUT2D eigenvalue weighted by Crippen LogP contribution is -2.57. The Bertz CT molecular complexity index is 450. The second-order valence-electron chi connectivity index (χ2n) is 4.31. The molecule has 1 aromatic heterocycles. The van der Waals surface area contributed by atoms with E-state index in [4.69, 9.17) is 10.5 Å². The number of amides is 1. The minimum Gasteiger partial charge on any atom is -0.493 e. The van der Waals surface area contributed by atoms with E-state index in [-0.39, 0.29) is 11.9 Å². The van der Waals surface area contributed by atoms with Crippen molar-refractivity contribution in [3.05, 3.63) is 18.0 Å². The summed E-state index contributed by atoms with van der Waals surface area (Å²) >= 11 is 0. The number of piperazine rings is 1. The van der Waals surface area contributed by atoms with Crippen LogP contribution in [0.5, 0.6) is 5.75 Å². The number of nitrogens with one attached hydrogen (secondary N) is 1. The van der Waals surface area contributed by atoms with Crippen molar-refractivity contribution < 1.29 is 9.53 Å². The molecule has 1 amide bonds. The van der Waals surface area contributed by atoms with Crippen molar-refractivity contribution in [3.8, 4) is 5.75 Å². The molecule has 1 unspecified atom stereocenters. The molecule has 1 fully saturated rings. The average Bonchev–Trinajstić information content (AvgIpc) is 2.38. The number of nitrogens with zero attached hydrogens (tertiary/aromatic N) is 2. The van der Waals surface area contributed by atoms with E-state index in [0.29, 0.717) is 18.8 Å². The molecular formula is C12H18N4O2. The molecule has 1 atom stereocenters. The molecule has 0 bridgehead atoms. The van der Waals surface area contributed by atoms with Crippen molar-refractivity contribution in [2.45, 2.75) is 13.0 Å². The fraction of sp³-hybridized carbons (Fsp3) is 0.500. The first-order chi connectivity index (χ1) is 8.63. The SMILES string of the molecule is COc1cnc(C)cc1N1CCNCC1C(N)=O. The van der Waals surface area contributed by atoms with Gasteiger partial charge in [0.15, 0.2) is 5.75 Å². The third kappa shape index (κ3) is 2.38. The third-order valence-corrected chi connectivity index (χ3v) is 3.08. The molecule has 2 heterocycles. The van der Waals surface area contributed by atoms with Crippen LogP contribution in [-0.4, -0.2) is 43.7 Å². The summed E-state index contributed by atoms with van der Waals surface area (Å²) in [6.07, 6.45) is 1.67. The predicted octanol–water partition coefficient (Wildman–Crippen LogP) is -0.338. The highest BCUT2D eigenvalue weighted by Gasteiger charge is 2.28. The van der Waals surface area contributed by atoms with E-state index in [1.165, 1.54) is 0 Å². The van der Waals surface area contributed by atoms with Gasteiger partial charge >= 0.3 is 0 Å². The first kappa shape index (κ1) is 12.6. The second-order valence-corrected chi connectivity index (χ2v) is 4.31. The topological polar surface area (TPSA) is 80.5 Å². The van der Waals surface area contributed by atoms with Gasteiger partial charge in [0.05, 0.1) is 19.0 Å². The number of rotatable bonds is 3. The van der Waals surface area contributed by atoms with Crippen LogP contribution in [0.3, 0.4) is 0 Å². The average molecular weight is 250 g/mol. The van der Waals surface area contributed by atoms with Crippen LogP contribution >= 0.6 is 0 Å². The van der Waals surface area contributed by atoms with Crippen LogP contribution in [0, 0.1) is 6.92 Å². The normalized spacial score (nSPS) is 19.7. The van der Waals surface area contributed by atoms with Crippen molar-refractivity contribution >= 4 is 11.6 Å². The molecule has 0 spiro atoms. The van der Waals surface area contributed by atoms with Crippen molar-refractivity contribution in [1.29, 1.82) is 0 Å². The van der Waals surface area contributed by atoms with Crippen molar-refractivity contribution in [3.63, 3.8) is 0 Å². The Morgan fingerprint density at radius 3 is 3.11 bits per heavy atom. The van der Waals surface area contributed by atoms with E-state index in [1.807, 2.05) is 17.9 Å². The van der Waals surface area contributed by atoms with E-state index in [0.717, 1.165) is 17.9 Å². The number of carbonyl (C=O) groups is 1. The number of hydrogen-bond acceptors (Lipinski definition) is 5. The lowest BCUT2D eigenvalue weighted by molar-refractivity contribution is -0.119. The number of primary amides is 1. The van der Waals surface area contributed by atoms with Gasteiger partial charge < -0.3 is 20.7 Å². The molecule has 1 aliphatic rings. The highest BCUT2D eigenvalue weighted by molar-refractivity contribution is 5.85. The van der Waals surface area contributed by atoms with Crippen LogP contribution in [0.1, 0.15) is 5.69 Å². The van der Waals surface area contributed by atoms with Gasteiger partial charge in [-0.05, 0) is 13.0 Å². The number of pyridine rings is 1. The van der Waals surface area contributed by atoms with Gasteiger partial charge in [-0.25, -0.2) is 0 Å². The summed E-state index contributed by atoms with van der Waals surface area (Å²) in [6.45, 7) is 3.99. The Labute approximate surface area is 106 Å². The molecule has 0 aromatic carbocycles. The van der Waals surface area contributed by atoms with E-state index < -0.39 is 0 Å². The van der Waals surface area contributed by atoms with Gasteiger partial charge in [-0.1, -0.05) is 0 Å². The van der Waals surface area contributed by atoms with E-state index >= 15 is 0 Å². The summed E-state index contributed by atoms with van der Waals surface area (Å²) in [4.78, 5) is 17.7. The number of anilines is 1. The standard InChI is InChI=1S/C12H18N4O2/c1-8-5-9(11(18-2)7-15-8)16-4-3-14-6-10(16)12(13)17/h5,7,10,14H,3-4,6H2,1-2H3,(H2,13,17). The van der Waals surface area contributed by atoms with Crippen LogP contribution in [0.2, 0.25) is 0 Å². The molecule has 6 heteroatoms. The first-order valence-electron chi connectivity index (χ1n) is 5.91. The van der Waals surface area contributed by atoms with Gasteiger partial charge in [-0.3, -0.25) is 9.78 Å². The van der Waals surface area contributed by atoms with Gasteiger partial charge in [-0.15, -0.1) is 0 Å². The van der Waals surface area contributed by atoms with Crippen LogP contribution in [0.15, 0.2) is 12.3 Å². The zero-order valence-corrected chi connectivity index (χ0v) is 10.6. The number of hydrogen-bond donors (Lipinski definition) is 2. The molecule has 1 aromatic rings. The molecule has 1 saturated heterocycles. The van der Waals surface area contributed by atoms with E-state index in [2.05, 4.69) is 10.3 Å². The molecule has 6 nitrogen and oxygen atoms in total. The first-order valence-corrected chi connectivity index (χ1v) is 5.91. The molecule has 1 aliphatic heterocycles. The molecule has 0 saturated carbocycles. The Balaban J connectivity index is 2.38. The number of ether oxygens (including phenoxy) is 1. The predicted molar refractivity (Wildman–Crippen MR) is 68.7 cm³/mol. The fourth-order valence-corrected chi connectivity index (χ4v) is 2.16. The monoisotopic (exact) mass is 250 g/mol. The molecule has 18 heavy (non-hydrogen) atoms. The minimum absolute atomic E-state index is 0.335. The second kappa shape index (κ2) is 5.22. The zero-order valence-electron chi connectivity index (χ0n) is 10.6. The molecular weight excluding hydrogens is 232 g/mol. The highest BCUT2D eigenvalue weighted by Crippen LogP contribution is 2.29. The highest BCUT2D eigenvalue weighted by atomic mass is 16.5. The Hall–Kier alpha value is -1.82. The lowest BCUT2D eigenvalue weighted by Gasteiger charge is -2.36. The maximum absolute atomic E-state index is 11.5. The van der Waals surface area contributed by atoms with Crippen LogP contribution < -0.4 is 20.7 Å². The molecule has 0 radical (unpaired) electrons. The molecule has 0 aliphatic carbocycles. The van der Waals surface area contributed by atoms with Gasteiger partial charge in [0.2, 0.25) is 5.91 Å². The molecule has 3 N–H and O–H groups in total. The number of aromatic nitrogens is 1. The fourth-order valence-electron chi connectivity index (χ4n) is 2.16. The number of nitrogens with two attached hydrogens (primary N) is 1. The number of aryl methyl sites for hydroxylation is 1. The largest absolute Gasteiger partial charge is 0.493 e. The molecule has 98 valence electrons. The maximum Gasteiger partial charge on any atom is 0.241 e. The zero-order chi connectivity index (χ0) is 13.1. The van der Waals surface area contributed by atoms with Crippen molar-refractivity contribution in [2.24, 2.45) is 5.73 Å². The lowest BCUT2D eigenvalue weighted by atomic mass is 10.1. The quantitative estimate of drug-likeness (QED) is 0.767. The van der Waals surface area contributed by atoms with Crippen LogP contribution in [-0.2, 0) is 4.79 Å². The Morgan fingerprint density at radius 2 is 2.44 bits per heavy atom. The minimum atomic E-state index is -0.352. The van der Waals surface area contributed by atoms with E-state index in [1.54, 1.807) is 13.3 Å². The van der Waals surface area contributed by atoms with E-state index in [9.17, 15) is 4.79 Å². The number of methoxy groups -OCH3 is 1. The van der Waals surface area contributed by atoms with Crippen molar-refractivity contribution in [1.82, 2.24) is 10.3 Å². The summed E-state index contributed by atoms with van der Waals surface area (Å²) in [5, 5.41) is 3.17. The van der Waals surface area contributed by atoms with Crippen LogP contribution in [0.4, 0.5) is 5.69 Å². The van der Waals surface area contributed by atoms with Crippen molar-refractivity contribution in [2.75, 3.05) is 31.6 Å². The number of carbonyl (C=O) groups excluding carboxylic acids is 1. The van der Waals surface area contributed by atoms with Crippen LogP contribution in [0.25, 0.3) is 0 Å². The van der Waals surface area contributed by atoms with Gasteiger partial charge in [0, 0.05) is 25.3 Å². The summed E-state index contributed by atoms with van der Waals surface area (Å²) in [7, 11) is 1.59. The summed E-state index contributed by atoms with van der Waals surface area (Å²) in [5.74, 6) is 0.326. The Kier molecular flexibility index (Phi) is 3.66. The van der Waals surface area contributed by atoms with Gasteiger partial charge in [0.25, 0.3) is 0 Å². The molecule has 2 rings (SSSR count). The van der Waals surface area contributed by atoms with Gasteiger partial charge in [0.1, 0.15) is 6.04 Å². The Morgan fingerprint density at radius 1 is 1.67 bits per heavy atom. The summed E-state index contributed by atoms with van der Waals surface area (Å²) < 4.78 is 5.30. The summed E-state index contributed by atoms with van der Waals surface area (Å²) in [6, 6.07) is 1.56. The maximum atomic E-state index is 11.5. The van der Waals surface area contributed by atoms with Gasteiger partial charge in [-0.2, -0.15) is 0 Å². The summed E-state index contributed by atoms with van der Waals surface area (Å²) in [5.41, 5.74) is 7.20. The smallest absolute Gasteiger partial charge is 0.241 e.